The van der Waals surface area contributed by atoms with E-state index >= 15 is 0 Å². The van der Waals surface area contributed by atoms with E-state index in [-0.39, 0.29) is 11.6 Å². The van der Waals surface area contributed by atoms with E-state index in [0.29, 0.717) is 0 Å². The Labute approximate surface area is 129 Å². The summed E-state index contributed by atoms with van der Waals surface area (Å²) in [4.78, 5) is 2.63. The minimum atomic E-state index is 0.0523. The summed E-state index contributed by atoms with van der Waals surface area (Å²) in [6.45, 7) is 9.06. The molecule has 118 valence electrons. The number of benzene rings is 1. The highest BCUT2D eigenvalue weighted by atomic mass is 16.5. The van der Waals surface area contributed by atoms with Gasteiger partial charge in [0.25, 0.3) is 0 Å². The molecule has 0 saturated carbocycles. The van der Waals surface area contributed by atoms with Crippen LogP contribution in [0.15, 0.2) is 18.2 Å². The number of ether oxygens (including phenoxy) is 1. The average molecular weight is 290 g/mol. The predicted molar refractivity (Wildman–Crippen MR) is 88.8 cm³/mol. The SMILES string of the molecule is CCC(CC)(C(N)c1ccc(OC)cc1C)N1CCCC1. The van der Waals surface area contributed by atoms with Crippen LogP contribution in [0, 0.1) is 6.92 Å². The molecule has 0 aliphatic carbocycles. The minimum absolute atomic E-state index is 0.0523. The highest BCUT2D eigenvalue weighted by Gasteiger charge is 2.41. The molecule has 1 atom stereocenters. The highest BCUT2D eigenvalue weighted by molar-refractivity contribution is 5.38. The maximum absolute atomic E-state index is 6.78. The van der Waals surface area contributed by atoms with Gasteiger partial charge in [-0.1, -0.05) is 19.9 Å². The smallest absolute Gasteiger partial charge is 0.119 e. The zero-order valence-corrected chi connectivity index (χ0v) is 14.0. The number of hydrogen-bond acceptors (Lipinski definition) is 3. The first-order chi connectivity index (χ1) is 10.1. The van der Waals surface area contributed by atoms with E-state index in [1.165, 1.54) is 37.1 Å². The lowest BCUT2D eigenvalue weighted by molar-refractivity contribution is 0.0764. The second-order valence-electron chi connectivity index (χ2n) is 6.21. The topological polar surface area (TPSA) is 38.5 Å². The van der Waals surface area contributed by atoms with Gasteiger partial charge in [0, 0.05) is 11.6 Å². The Balaban J connectivity index is 2.35. The van der Waals surface area contributed by atoms with Gasteiger partial charge in [-0.05, 0) is 69.0 Å². The maximum Gasteiger partial charge on any atom is 0.119 e. The van der Waals surface area contributed by atoms with Gasteiger partial charge in [0.15, 0.2) is 0 Å². The van der Waals surface area contributed by atoms with Crippen LogP contribution in [0.5, 0.6) is 5.75 Å². The second kappa shape index (κ2) is 6.80. The Morgan fingerprint density at radius 2 is 1.86 bits per heavy atom. The van der Waals surface area contributed by atoms with Crippen molar-refractivity contribution in [1.29, 1.82) is 0 Å². The lowest BCUT2D eigenvalue weighted by Crippen LogP contribution is -2.53. The molecule has 1 aromatic rings. The van der Waals surface area contributed by atoms with Gasteiger partial charge in [-0.15, -0.1) is 0 Å². The number of nitrogens with two attached hydrogens (primary N) is 1. The van der Waals surface area contributed by atoms with E-state index in [2.05, 4.69) is 37.8 Å². The summed E-state index contributed by atoms with van der Waals surface area (Å²) >= 11 is 0. The van der Waals surface area contributed by atoms with Gasteiger partial charge in [0.2, 0.25) is 0 Å². The Bertz CT molecular complexity index is 462. The molecule has 1 unspecified atom stereocenters. The molecule has 1 aliphatic heterocycles. The fraction of sp³-hybridized carbons (Fsp3) is 0.667. The lowest BCUT2D eigenvalue weighted by atomic mass is 9.78. The number of aryl methyl sites for hydroxylation is 1. The molecule has 0 spiro atoms. The van der Waals surface area contributed by atoms with Crippen molar-refractivity contribution in [3.8, 4) is 5.75 Å². The average Bonchev–Trinajstić information content (AvgIpc) is 3.03. The molecular weight excluding hydrogens is 260 g/mol. The van der Waals surface area contributed by atoms with E-state index in [4.69, 9.17) is 10.5 Å². The van der Waals surface area contributed by atoms with Crippen LogP contribution in [0.4, 0.5) is 0 Å². The quantitative estimate of drug-likeness (QED) is 0.869. The molecule has 1 saturated heterocycles. The fourth-order valence-corrected chi connectivity index (χ4v) is 3.91. The van der Waals surface area contributed by atoms with Crippen molar-refractivity contribution in [2.24, 2.45) is 5.73 Å². The summed E-state index contributed by atoms with van der Waals surface area (Å²) < 4.78 is 5.32. The van der Waals surface area contributed by atoms with E-state index in [1.54, 1.807) is 7.11 Å². The van der Waals surface area contributed by atoms with Gasteiger partial charge >= 0.3 is 0 Å². The molecule has 2 rings (SSSR count). The van der Waals surface area contributed by atoms with Gasteiger partial charge in [0.05, 0.1) is 7.11 Å². The summed E-state index contributed by atoms with van der Waals surface area (Å²) in [5, 5.41) is 0. The van der Waals surface area contributed by atoms with Gasteiger partial charge in [-0.3, -0.25) is 4.90 Å². The molecule has 1 heterocycles. The van der Waals surface area contributed by atoms with Gasteiger partial charge in [-0.2, -0.15) is 0 Å². The molecule has 1 aliphatic rings. The van der Waals surface area contributed by atoms with Gasteiger partial charge < -0.3 is 10.5 Å². The third kappa shape index (κ3) is 2.95. The molecule has 0 bridgehead atoms. The van der Waals surface area contributed by atoms with Crippen molar-refractivity contribution in [2.75, 3.05) is 20.2 Å². The fourth-order valence-electron chi connectivity index (χ4n) is 3.91. The summed E-state index contributed by atoms with van der Waals surface area (Å²) in [5.41, 5.74) is 9.35. The summed E-state index contributed by atoms with van der Waals surface area (Å²) in [6.07, 6.45) is 4.79. The van der Waals surface area contributed by atoms with Crippen molar-refractivity contribution >= 4 is 0 Å². The van der Waals surface area contributed by atoms with Crippen LogP contribution in [0.3, 0.4) is 0 Å². The molecule has 0 radical (unpaired) electrons. The molecule has 2 N–H and O–H groups in total. The zero-order chi connectivity index (χ0) is 15.5. The minimum Gasteiger partial charge on any atom is -0.497 e. The van der Waals surface area contributed by atoms with Crippen LogP contribution >= 0.6 is 0 Å². The third-order valence-corrected chi connectivity index (χ3v) is 5.35. The van der Waals surface area contributed by atoms with Crippen LogP contribution < -0.4 is 10.5 Å². The summed E-state index contributed by atoms with van der Waals surface area (Å²) in [7, 11) is 1.71. The Hall–Kier alpha value is -1.06. The second-order valence-corrected chi connectivity index (χ2v) is 6.21. The zero-order valence-electron chi connectivity index (χ0n) is 14.0. The van der Waals surface area contributed by atoms with Crippen molar-refractivity contribution < 1.29 is 4.74 Å². The largest absolute Gasteiger partial charge is 0.497 e. The van der Waals surface area contributed by atoms with Gasteiger partial charge in [0.1, 0.15) is 5.75 Å². The molecule has 1 fully saturated rings. The molecule has 21 heavy (non-hydrogen) atoms. The van der Waals surface area contributed by atoms with Crippen molar-refractivity contribution in [3.05, 3.63) is 29.3 Å². The van der Waals surface area contributed by atoms with Crippen LogP contribution in [0.2, 0.25) is 0 Å². The Morgan fingerprint density at radius 1 is 1.24 bits per heavy atom. The highest BCUT2D eigenvalue weighted by Crippen LogP contribution is 2.39. The maximum atomic E-state index is 6.78. The predicted octanol–water partition coefficient (Wildman–Crippen LogP) is 3.66. The first-order valence-electron chi connectivity index (χ1n) is 8.24. The standard InChI is InChI=1S/C18H30N2O/c1-5-18(6-2,20-11-7-8-12-20)17(19)16-10-9-15(21-4)13-14(16)3/h9-10,13,17H,5-8,11-12,19H2,1-4H3. The van der Waals surface area contributed by atoms with E-state index in [0.717, 1.165) is 18.6 Å². The van der Waals surface area contributed by atoms with Crippen molar-refractivity contribution in [3.63, 3.8) is 0 Å². The van der Waals surface area contributed by atoms with Gasteiger partial charge in [-0.25, -0.2) is 0 Å². The molecular formula is C18H30N2O. The van der Waals surface area contributed by atoms with Crippen LogP contribution in [-0.2, 0) is 0 Å². The number of methoxy groups -OCH3 is 1. The number of hydrogen-bond donors (Lipinski definition) is 1. The normalized spacial score (nSPS) is 18.0. The summed E-state index contributed by atoms with van der Waals surface area (Å²) in [6, 6.07) is 6.32. The van der Waals surface area contributed by atoms with E-state index < -0.39 is 0 Å². The number of rotatable bonds is 6. The number of nitrogens with zero attached hydrogens (tertiary/aromatic N) is 1. The van der Waals surface area contributed by atoms with E-state index in [9.17, 15) is 0 Å². The monoisotopic (exact) mass is 290 g/mol. The van der Waals surface area contributed by atoms with Crippen LogP contribution in [0.1, 0.15) is 56.7 Å². The first kappa shape index (κ1) is 16.3. The molecule has 0 aromatic heterocycles. The molecule has 3 nitrogen and oxygen atoms in total. The van der Waals surface area contributed by atoms with Crippen LogP contribution in [0.25, 0.3) is 0 Å². The Kier molecular flexibility index (Phi) is 5.28. The van der Waals surface area contributed by atoms with Crippen molar-refractivity contribution in [2.45, 2.75) is 58.0 Å². The number of likely N-dealkylation sites (tertiary alicyclic amines) is 1. The first-order valence-corrected chi connectivity index (χ1v) is 8.24. The Morgan fingerprint density at radius 3 is 2.33 bits per heavy atom. The van der Waals surface area contributed by atoms with E-state index in [1.807, 2.05) is 6.07 Å². The lowest BCUT2D eigenvalue weighted by Gasteiger charge is -2.46. The summed E-state index contributed by atoms with van der Waals surface area (Å²) in [5.74, 6) is 0.906. The van der Waals surface area contributed by atoms with Crippen molar-refractivity contribution in [1.82, 2.24) is 4.90 Å². The molecule has 3 heteroatoms. The molecule has 0 amide bonds. The third-order valence-electron chi connectivity index (χ3n) is 5.35. The molecule has 1 aromatic carbocycles. The van der Waals surface area contributed by atoms with Crippen LogP contribution in [-0.4, -0.2) is 30.6 Å².